The van der Waals surface area contributed by atoms with Crippen LogP contribution in [0.2, 0.25) is 0 Å². The monoisotopic (exact) mass is 170 g/mol. The first-order valence-electron chi connectivity index (χ1n) is 4.75. The number of hydrogen-bond acceptors (Lipinski definition) is 0. The fourth-order valence-electron chi connectivity index (χ4n) is 1.92. The van der Waals surface area contributed by atoms with Crippen molar-refractivity contribution in [3.63, 3.8) is 0 Å². The van der Waals surface area contributed by atoms with Crippen LogP contribution in [0.3, 0.4) is 0 Å². The molecule has 1 unspecified atom stereocenters. The molecule has 1 aliphatic rings. The van der Waals surface area contributed by atoms with Crippen LogP contribution in [-0.2, 0) is 0 Å². The lowest BCUT2D eigenvalue weighted by molar-refractivity contribution is 0.769. The number of benzene rings is 1. The van der Waals surface area contributed by atoms with Crippen molar-refractivity contribution in [3.05, 3.63) is 54.1 Å². The van der Waals surface area contributed by atoms with Crippen molar-refractivity contribution in [1.29, 1.82) is 0 Å². The molecule has 0 amide bonds. The fraction of sp³-hybridized carbons (Fsp3) is 0.231. The number of hydrogen-bond donors (Lipinski definition) is 0. The molecule has 0 aliphatic heterocycles. The molecular weight excluding hydrogens is 156 g/mol. The maximum absolute atomic E-state index is 3.84. The van der Waals surface area contributed by atoms with Crippen molar-refractivity contribution in [2.24, 2.45) is 0 Å². The molecule has 0 aromatic heterocycles. The Hall–Kier alpha value is -1.30. The van der Waals surface area contributed by atoms with Crippen LogP contribution < -0.4 is 0 Å². The predicted octanol–water partition coefficient (Wildman–Crippen LogP) is 3.76. The quantitative estimate of drug-likeness (QED) is 0.602. The highest BCUT2D eigenvalue weighted by atomic mass is 14.2. The summed E-state index contributed by atoms with van der Waals surface area (Å²) in [5.74, 6) is 0.653. The zero-order valence-electron chi connectivity index (χ0n) is 7.96. The summed E-state index contributed by atoms with van der Waals surface area (Å²) in [6, 6.07) is 8.60. The van der Waals surface area contributed by atoms with Gasteiger partial charge in [-0.25, -0.2) is 0 Å². The van der Waals surface area contributed by atoms with Crippen LogP contribution in [0.5, 0.6) is 0 Å². The van der Waals surface area contributed by atoms with Crippen LogP contribution >= 0.6 is 0 Å². The van der Waals surface area contributed by atoms with Crippen molar-refractivity contribution in [2.45, 2.75) is 19.3 Å². The maximum atomic E-state index is 3.84. The summed E-state index contributed by atoms with van der Waals surface area (Å²) in [6.07, 6.45) is 5.36. The van der Waals surface area contributed by atoms with E-state index in [-0.39, 0.29) is 0 Å². The van der Waals surface area contributed by atoms with Crippen LogP contribution in [0.25, 0.3) is 5.57 Å². The molecule has 0 saturated heterocycles. The molecule has 0 heteroatoms. The first kappa shape index (κ1) is 8.31. The van der Waals surface area contributed by atoms with Gasteiger partial charge in [-0.15, -0.1) is 0 Å². The third-order valence-electron chi connectivity index (χ3n) is 2.71. The summed E-state index contributed by atoms with van der Waals surface area (Å²) in [4.78, 5) is 0. The Morgan fingerprint density at radius 3 is 2.92 bits per heavy atom. The topological polar surface area (TPSA) is 0 Å². The molecular formula is C13H14. The van der Waals surface area contributed by atoms with Crippen LogP contribution in [-0.4, -0.2) is 0 Å². The highest BCUT2D eigenvalue weighted by Crippen LogP contribution is 2.33. The van der Waals surface area contributed by atoms with Gasteiger partial charge in [0.15, 0.2) is 0 Å². The van der Waals surface area contributed by atoms with E-state index < -0.39 is 0 Å². The van der Waals surface area contributed by atoms with E-state index in [0.717, 1.165) is 6.42 Å². The van der Waals surface area contributed by atoms with Crippen LogP contribution in [0.4, 0.5) is 0 Å². The van der Waals surface area contributed by atoms with Gasteiger partial charge in [0, 0.05) is 0 Å². The average molecular weight is 170 g/mol. The summed E-state index contributed by atoms with van der Waals surface area (Å²) in [5, 5.41) is 0. The molecule has 0 heterocycles. The Kier molecular flexibility index (Phi) is 2.05. The van der Waals surface area contributed by atoms with Gasteiger partial charge < -0.3 is 0 Å². The zero-order chi connectivity index (χ0) is 9.26. The molecule has 13 heavy (non-hydrogen) atoms. The Labute approximate surface area is 79.6 Å². The maximum Gasteiger partial charge on any atom is -0.0149 e. The van der Waals surface area contributed by atoms with Crippen molar-refractivity contribution in [2.75, 3.05) is 0 Å². The third kappa shape index (κ3) is 1.33. The minimum atomic E-state index is 0.653. The molecule has 2 rings (SSSR count). The molecule has 0 saturated carbocycles. The van der Waals surface area contributed by atoms with Gasteiger partial charge in [-0.1, -0.05) is 49.9 Å². The van der Waals surface area contributed by atoms with Crippen molar-refractivity contribution in [3.8, 4) is 0 Å². The number of fused-ring (bicyclic) bond motifs is 1. The molecule has 0 bridgehead atoms. The largest absolute Gasteiger partial charge is 0.0985 e. The van der Waals surface area contributed by atoms with Gasteiger partial charge in [0.25, 0.3) is 0 Å². The van der Waals surface area contributed by atoms with Crippen LogP contribution in [0, 0.1) is 0 Å². The summed E-state index contributed by atoms with van der Waals surface area (Å²) in [7, 11) is 0. The lowest BCUT2D eigenvalue weighted by Crippen LogP contribution is -2.02. The van der Waals surface area contributed by atoms with E-state index in [0.29, 0.717) is 5.92 Å². The molecule has 0 nitrogen and oxygen atoms in total. The lowest BCUT2D eigenvalue weighted by atomic mass is 9.84. The highest BCUT2D eigenvalue weighted by Gasteiger charge is 2.15. The van der Waals surface area contributed by atoms with Crippen molar-refractivity contribution in [1.82, 2.24) is 0 Å². The van der Waals surface area contributed by atoms with E-state index in [1.165, 1.54) is 16.7 Å². The Morgan fingerprint density at radius 2 is 2.15 bits per heavy atom. The van der Waals surface area contributed by atoms with Crippen LogP contribution in [0.1, 0.15) is 30.4 Å². The molecule has 1 atom stereocenters. The second-order valence-corrected chi connectivity index (χ2v) is 3.59. The Bertz CT molecular complexity index is 358. The highest BCUT2D eigenvalue weighted by molar-refractivity contribution is 5.77. The summed E-state index contributed by atoms with van der Waals surface area (Å²) in [6.45, 7) is 6.11. The van der Waals surface area contributed by atoms with Gasteiger partial charge in [-0.2, -0.15) is 0 Å². The summed E-state index contributed by atoms with van der Waals surface area (Å²) >= 11 is 0. The molecule has 0 N–H and O–H groups in total. The van der Waals surface area contributed by atoms with E-state index in [2.05, 4.69) is 43.8 Å². The van der Waals surface area contributed by atoms with Gasteiger partial charge in [0.05, 0.1) is 0 Å². The van der Waals surface area contributed by atoms with Gasteiger partial charge in [-0.3, -0.25) is 0 Å². The summed E-state index contributed by atoms with van der Waals surface area (Å²) < 4.78 is 0. The predicted molar refractivity (Wildman–Crippen MR) is 57.6 cm³/mol. The second-order valence-electron chi connectivity index (χ2n) is 3.59. The Morgan fingerprint density at radius 1 is 1.38 bits per heavy atom. The summed E-state index contributed by atoms with van der Waals surface area (Å²) in [5.41, 5.74) is 4.10. The normalized spacial score (nSPS) is 20.4. The number of allylic oxidation sites excluding steroid dienone is 3. The lowest BCUT2D eigenvalue weighted by Gasteiger charge is -2.20. The van der Waals surface area contributed by atoms with Crippen molar-refractivity contribution < 1.29 is 0 Å². The molecule has 1 aromatic carbocycles. The average Bonchev–Trinajstić information content (AvgIpc) is 2.19. The smallest absolute Gasteiger partial charge is 0.0149 e. The standard InChI is InChI=1S/C13H14/c1-3-11-9-8-10(2)12-6-4-5-7-13(11)12/h3-7,9-10H,1,8H2,2H3. The molecule has 0 fully saturated rings. The van der Waals surface area contributed by atoms with E-state index in [9.17, 15) is 0 Å². The molecule has 1 aromatic rings. The first-order valence-corrected chi connectivity index (χ1v) is 4.75. The van der Waals surface area contributed by atoms with Gasteiger partial charge in [-0.05, 0) is 29.0 Å². The minimum absolute atomic E-state index is 0.653. The van der Waals surface area contributed by atoms with E-state index in [1.807, 2.05) is 6.08 Å². The Balaban J connectivity index is 2.58. The molecule has 0 spiro atoms. The van der Waals surface area contributed by atoms with Crippen LogP contribution in [0.15, 0.2) is 43.0 Å². The van der Waals surface area contributed by atoms with Crippen molar-refractivity contribution >= 4 is 5.57 Å². The van der Waals surface area contributed by atoms with E-state index in [1.54, 1.807) is 0 Å². The van der Waals surface area contributed by atoms with E-state index >= 15 is 0 Å². The minimum Gasteiger partial charge on any atom is -0.0985 e. The van der Waals surface area contributed by atoms with Gasteiger partial charge in [0.1, 0.15) is 0 Å². The van der Waals surface area contributed by atoms with E-state index in [4.69, 9.17) is 0 Å². The second kappa shape index (κ2) is 3.21. The van der Waals surface area contributed by atoms with Gasteiger partial charge in [0.2, 0.25) is 0 Å². The first-order chi connectivity index (χ1) is 6.33. The van der Waals surface area contributed by atoms with Gasteiger partial charge >= 0.3 is 0 Å². The fourth-order valence-corrected chi connectivity index (χ4v) is 1.92. The SMILES string of the molecule is C=CC1=CCC(C)c2ccccc21. The molecule has 1 aliphatic carbocycles. The number of rotatable bonds is 1. The molecule has 0 radical (unpaired) electrons. The molecule has 66 valence electrons. The third-order valence-corrected chi connectivity index (χ3v) is 2.71. The zero-order valence-corrected chi connectivity index (χ0v) is 7.96.